The summed E-state index contributed by atoms with van der Waals surface area (Å²) >= 11 is 2.62. The maximum atomic E-state index is 12.5. The number of thiazole rings is 1. The molecule has 0 aromatic carbocycles. The smallest absolute Gasteiger partial charge is 0.355 e. The van der Waals surface area contributed by atoms with Crippen LogP contribution < -0.4 is 10.6 Å². The van der Waals surface area contributed by atoms with Gasteiger partial charge in [0.25, 0.3) is 0 Å². The predicted octanol–water partition coefficient (Wildman–Crippen LogP) is 1.82. The molecular formula is C13H21F3IN5O2S3. The summed E-state index contributed by atoms with van der Waals surface area (Å²) in [6.07, 6.45) is -4.46. The number of guanidine groups is 1. The van der Waals surface area contributed by atoms with Crippen LogP contribution in [0.1, 0.15) is 10.7 Å². The van der Waals surface area contributed by atoms with Crippen molar-refractivity contribution in [3.8, 4) is 0 Å². The highest BCUT2D eigenvalue weighted by atomic mass is 127. The van der Waals surface area contributed by atoms with E-state index in [1.54, 1.807) is 11.8 Å². The Bertz CT molecular complexity index is 721. The molecule has 1 aromatic heterocycles. The number of rotatable bonds is 6. The highest BCUT2D eigenvalue weighted by Gasteiger charge is 2.33. The third-order valence-electron chi connectivity index (χ3n) is 3.49. The first-order chi connectivity index (χ1) is 12.2. The lowest BCUT2D eigenvalue weighted by molar-refractivity contribution is -0.140. The lowest BCUT2D eigenvalue weighted by atomic mass is 10.5. The third-order valence-corrected chi connectivity index (χ3v) is 7.15. The van der Waals surface area contributed by atoms with Gasteiger partial charge in [-0.05, 0) is 0 Å². The van der Waals surface area contributed by atoms with Crippen molar-refractivity contribution in [2.45, 2.75) is 12.7 Å². The van der Waals surface area contributed by atoms with Gasteiger partial charge in [-0.25, -0.2) is 17.7 Å². The zero-order valence-electron chi connectivity index (χ0n) is 14.5. The fourth-order valence-electron chi connectivity index (χ4n) is 2.15. The highest BCUT2D eigenvalue weighted by molar-refractivity contribution is 14.0. The molecule has 2 heterocycles. The Kier molecular flexibility index (Phi) is 10.1. The first-order valence-electron chi connectivity index (χ1n) is 7.74. The number of aromatic nitrogens is 1. The van der Waals surface area contributed by atoms with Crippen LogP contribution in [0, 0.1) is 0 Å². The van der Waals surface area contributed by atoms with Gasteiger partial charge in [-0.2, -0.15) is 24.9 Å². The molecule has 7 nitrogen and oxygen atoms in total. The minimum atomic E-state index is -4.46. The van der Waals surface area contributed by atoms with Crippen molar-refractivity contribution in [3.05, 3.63) is 16.1 Å². The molecule has 0 radical (unpaired) electrons. The van der Waals surface area contributed by atoms with Gasteiger partial charge in [0.1, 0.15) is 5.01 Å². The molecular weight excluding hydrogens is 538 g/mol. The lowest BCUT2D eigenvalue weighted by Gasteiger charge is -2.25. The summed E-state index contributed by atoms with van der Waals surface area (Å²) in [5.41, 5.74) is -0.923. The molecule has 1 aliphatic rings. The monoisotopic (exact) mass is 559 g/mol. The number of hydrogen-bond acceptors (Lipinski definition) is 6. The van der Waals surface area contributed by atoms with Crippen LogP contribution >= 0.6 is 47.1 Å². The van der Waals surface area contributed by atoms with E-state index in [4.69, 9.17) is 0 Å². The first-order valence-corrected chi connectivity index (χ1v) is 11.4. The Labute approximate surface area is 181 Å². The molecule has 0 bridgehead atoms. The van der Waals surface area contributed by atoms with Gasteiger partial charge in [0.2, 0.25) is 10.0 Å². The van der Waals surface area contributed by atoms with Crippen LogP contribution in [-0.4, -0.2) is 67.6 Å². The summed E-state index contributed by atoms with van der Waals surface area (Å²) in [7, 11) is -1.83. The number of aliphatic imine (C=N–C) groups is 1. The Hall–Kier alpha value is -0.320. The number of hydrogen-bond donors (Lipinski definition) is 2. The van der Waals surface area contributed by atoms with Crippen molar-refractivity contribution in [1.82, 2.24) is 19.9 Å². The van der Waals surface area contributed by atoms with E-state index in [2.05, 4.69) is 20.6 Å². The quantitative estimate of drug-likeness (QED) is 0.315. The fraction of sp³-hybridized carbons (Fsp3) is 0.692. The Morgan fingerprint density at radius 1 is 1.33 bits per heavy atom. The molecule has 27 heavy (non-hydrogen) atoms. The second kappa shape index (κ2) is 11.0. The van der Waals surface area contributed by atoms with Crippen molar-refractivity contribution < 1.29 is 21.6 Å². The molecule has 156 valence electrons. The zero-order chi connectivity index (χ0) is 19.2. The van der Waals surface area contributed by atoms with Crippen molar-refractivity contribution >= 4 is 63.1 Å². The minimum Gasteiger partial charge on any atom is -0.355 e. The number of thioether (sulfide) groups is 1. The average Bonchev–Trinajstić information content (AvgIpc) is 3.08. The summed E-state index contributed by atoms with van der Waals surface area (Å²) in [5, 5.41) is 6.90. The van der Waals surface area contributed by atoms with Gasteiger partial charge >= 0.3 is 6.18 Å². The molecule has 0 atom stereocenters. The van der Waals surface area contributed by atoms with Crippen LogP contribution in [-0.2, 0) is 22.7 Å². The predicted molar refractivity (Wildman–Crippen MR) is 113 cm³/mol. The van der Waals surface area contributed by atoms with Gasteiger partial charge in [0.15, 0.2) is 11.7 Å². The Balaban J connectivity index is 0.00000364. The Morgan fingerprint density at radius 2 is 2.00 bits per heavy atom. The van der Waals surface area contributed by atoms with E-state index in [-0.39, 0.29) is 47.8 Å². The highest BCUT2D eigenvalue weighted by Crippen LogP contribution is 2.29. The second-order valence-electron chi connectivity index (χ2n) is 5.30. The first kappa shape index (κ1) is 24.7. The number of alkyl halides is 3. The van der Waals surface area contributed by atoms with Crippen molar-refractivity contribution in [2.75, 3.05) is 43.9 Å². The van der Waals surface area contributed by atoms with Gasteiger partial charge in [0, 0.05) is 43.6 Å². The number of nitrogens with zero attached hydrogens (tertiary/aromatic N) is 3. The Morgan fingerprint density at radius 3 is 2.56 bits per heavy atom. The van der Waals surface area contributed by atoms with E-state index < -0.39 is 21.9 Å². The zero-order valence-corrected chi connectivity index (χ0v) is 19.2. The van der Waals surface area contributed by atoms with Gasteiger partial charge in [0.05, 0.1) is 12.3 Å². The molecule has 0 aliphatic carbocycles. The van der Waals surface area contributed by atoms with Crippen LogP contribution in [0.2, 0.25) is 0 Å². The van der Waals surface area contributed by atoms with Crippen molar-refractivity contribution in [3.63, 3.8) is 0 Å². The van der Waals surface area contributed by atoms with Crippen LogP contribution in [0.4, 0.5) is 13.2 Å². The summed E-state index contributed by atoms with van der Waals surface area (Å²) in [6.45, 7) is 1.25. The summed E-state index contributed by atoms with van der Waals surface area (Å²) in [5.74, 6) is 1.82. The molecule has 0 amide bonds. The van der Waals surface area contributed by atoms with Crippen molar-refractivity contribution in [1.29, 1.82) is 0 Å². The maximum absolute atomic E-state index is 12.5. The number of nitrogens with one attached hydrogen (secondary N) is 2. The topological polar surface area (TPSA) is 86.7 Å². The van der Waals surface area contributed by atoms with Crippen LogP contribution in [0.25, 0.3) is 0 Å². The molecule has 1 saturated heterocycles. The largest absolute Gasteiger partial charge is 0.434 e. The van der Waals surface area contributed by atoms with Gasteiger partial charge in [-0.1, -0.05) is 0 Å². The summed E-state index contributed by atoms with van der Waals surface area (Å²) in [6, 6.07) is 0. The molecule has 14 heteroatoms. The molecule has 0 spiro atoms. The van der Waals surface area contributed by atoms with E-state index in [1.165, 1.54) is 11.4 Å². The average molecular weight is 559 g/mol. The molecule has 2 N–H and O–H groups in total. The summed E-state index contributed by atoms with van der Waals surface area (Å²) < 4.78 is 63.5. The van der Waals surface area contributed by atoms with Gasteiger partial charge in [-0.15, -0.1) is 35.3 Å². The van der Waals surface area contributed by atoms with E-state index in [0.29, 0.717) is 19.0 Å². The normalized spacial score (nSPS) is 16.7. The van der Waals surface area contributed by atoms with Gasteiger partial charge < -0.3 is 10.6 Å². The van der Waals surface area contributed by atoms with E-state index in [9.17, 15) is 21.6 Å². The van der Waals surface area contributed by atoms with E-state index in [0.717, 1.165) is 28.2 Å². The maximum Gasteiger partial charge on any atom is 0.434 e. The molecule has 0 saturated carbocycles. The standard InChI is InChI=1S/C13H20F3N5O2S3.HI/c1-17-12(19-8-11-20-10(9-25-11)13(14,15)16)18-2-7-26(22,23)21-3-5-24-6-4-21;/h9H,2-8H2,1H3,(H2,17,18,19);1H. The fourth-order valence-corrected chi connectivity index (χ4v) is 5.39. The number of sulfonamides is 1. The lowest BCUT2D eigenvalue weighted by Crippen LogP contribution is -2.44. The molecule has 1 aromatic rings. The van der Waals surface area contributed by atoms with Crippen molar-refractivity contribution in [2.24, 2.45) is 4.99 Å². The van der Waals surface area contributed by atoms with Gasteiger partial charge in [-0.3, -0.25) is 4.99 Å². The van der Waals surface area contributed by atoms with E-state index in [1.807, 2.05) is 0 Å². The van der Waals surface area contributed by atoms with Crippen LogP contribution in [0.15, 0.2) is 10.4 Å². The van der Waals surface area contributed by atoms with Crippen LogP contribution in [0.3, 0.4) is 0 Å². The minimum absolute atomic E-state index is 0. The number of halogens is 4. The molecule has 0 unspecified atom stereocenters. The van der Waals surface area contributed by atoms with Crippen LogP contribution in [0.5, 0.6) is 0 Å². The van der Waals surface area contributed by atoms with E-state index >= 15 is 0 Å². The third kappa shape index (κ3) is 7.91. The summed E-state index contributed by atoms with van der Waals surface area (Å²) in [4.78, 5) is 7.44. The second-order valence-corrected chi connectivity index (χ2v) is 9.56. The molecule has 1 fully saturated rings. The molecule has 2 rings (SSSR count). The SMILES string of the molecule is CN=C(NCCS(=O)(=O)N1CCSCC1)NCc1nc(C(F)(F)F)cs1.I. The molecule has 1 aliphatic heterocycles.